The molecule has 116 valence electrons. The number of pyridine rings is 1. The summed E-state index contributed by atoms with van der Waals surface area (Å²) in [6.45, 7) is 5.63. The van der Waals surface area contributed by atoms with E-state index in [1.807, 2.05) is 0 Å². The monoisotopic (exact) mass is 302 g/mol. The van der Waals surface area contributed by atoms with Crippen molar-refractivity contribution in [3.63, 3.8) is 0 Å². The highest BCUT2D eigenvalue weighted by molar-refractivity contribution is 5.88. The summed E-state index contributed by atoms with van der Waals surface area (Å²) in [6, 6.07) is 4.91. The molecule has 7 nitrogen and oxygen atoms in total. The van der Waals surface area contributed by atoms with Gasteiger partial charge in [-0.3, -0.25) is 9.78 Å². The molecule has 2 rings (SSSR count). The molecule has 0 saturated heterocycles. The zero-order valence-corrected chi connectivity index (χ0v) is 12.7. The number of carbonyl (C=O) groups is 1. The molecule has 0 aliphatic carbocycles. The topological polar surface area (TPSA) is 86.1 Å². The third-order valence-electron chi connectivity index (χ3n) is 2.77. The van der Waals surface area contributed by atoms with Crippen LogP contribution >= 0.6 is 0 Å². The van der Waals surface area contributed by atoms with Gasteiger partial charge in [-0.2, -0.15) is 5.10 Å². The Labute approximate surface area is 128 Å². The minimum Gasteiger partial charge on any atom is -0.458 e. The number of rotatable bonds is 5. The average Bonchev–Trinajstić information content (AvgIpc) is 2.49. The molecule has 22 heavy (non-hydrogen) atoms. The maximum Gasteiger partial charge on any atom is 0.359 e. The van der Waals surface area contributed by atoms with Crippen LogP contribution in [0.15, 0.2) is 35.4 Å². The second-order valence-corrected chi connectivity index (χ2v) is 4.88. The van der Waals surface area contributed by atoms with Crippen LogP contribution < -0.4 is 10.9 Å². The van der Waals surface area contributed by atoms with Crippen molar-refractivity contribution in [2.45, 2.75) is 33.4 Å². The predicted molar refractivity (Wildman–Crippen MR) is 82.2 cm³/mol. The van der Waals surface area contributed by atoms with Crippen LogP contribution in [0.4, 0.5) is 11.4 Å². The first-order chi connectivity index (χ1) is 10.5. The van der Waals surface area contributed by atoms with Crippen LogP contribution in [0.3, 0.4) is 0 Å². The molecule has 0 aromatic carbocycles. The van der Waals surface area contributed by atoms with Gasteiger partial charge in [-0.25, -0.2) is 9.48 Å². The zero-order valence-electron chi connectivity index (χ0n) is 12.7. The number of nitrogens with zero attached hydrogens (tertiary/aromatic N) is 3. The number of aryl methyl sites for hydroxylation is 1. The minimum atomic E-state index is -0.563. The highest BCUT2D eigenvalue weighted by atomic mass is 16.5. The van der Waals surface area contributed by atoms with Crippen LogP contribution in [0.1, 0.15) is 31.3 Å². The lowest BCUT2D eigenvalue weighted by Gasteiger charge is -2.11. The highest BCUT2D eigenvalue weighted by Crippen LogP contribution is 2.12. The fourth-order valence-electron chi connectivity index (χ4n) is 1.81. The van der Waals surface area contributed by atoms with E-state index in [9.17, 15) is 9.59 Å². The van der Waals surface area contributed by atoms with E-state index in [0.717, 1.165) is 0 Å². The van der Waals surface area contributed by atoms with Gasteiger partial charge in [-0.1, -0.05) is 0 Å². The maximum atomic E-state index is 12.3. The third kappa shape index (κ3) is 3.69. The third-order valence-corrected chi connectivity index (χ3v) is 2.77. The van der Waals surface area contributed by atoms with Gasteiger partial charge in [-0.05, 0) is 32.9 Å². The van der Waals surface area contributed by atoms with Gasteiger partial charge in [0.15, 0.2) is 5.69 Å². The molecule has 0 fully saturated rings. The van der Waals surface area contributed by atoms with Gasteiger partial charge in [0.2, 0.25) is 0 Å². The number of aromatic nitrogens is 3. The van der Waals surface area contributed by atoms with Crippen molar-refractivity contribution >= 4 is 17.3 Å². The molecular formula is C15H18N4O3. The summed E-state index contributed by atoms with van der Waals surface area (Å²) in [5, 5.41) is 6.97. The smallest absolute Gasteiger partial charge is 0.359 e. The molecule has 2 heterocycles. The van der Waals surface area contributed by atoms with Crippen LogP contribution in [-0.2, 0) is 11.3 Å². The van der Waals surface area contributed by atoms with E-state index in [4.69, 9.17) is 4.74 Å². The number of hydrogen-bond acceptors (Lipinski definition) is 6. The molecule has 0 atom stereocenters. The van der Waals surface area contributed by atoms with Crippen molar-refractivity contribution in [3.8, 4) is 0 Å². The Hall–Kier alpha value is -2.70. The quantitative estimate of drug-likeness (QED) is 0.850. The highest BCUT2D eigenvalue weighted by Gasteiger charge is 2.16. The van der Waals surface area contributed by atoms with E-state index in [-0.39, 0.29) is 23.0 Å². The molecule has 1 N–H and O–H groups in total. The van der Waals surface area contributed by atoms with E-state index < -0.39 is 5.97 Å². The molecule has 0 amide bonds. The summed E-state index contributed by atoms with van der Waals surface area (Å²) in [6.07, 6.45) is 2.96. The van der Waals surface area contributed by atoms with E-state index in [1.54, 1.807) is 45.3 Å². The molecule has 0 unspecified atom stereocenters. The van der Waals surface area contributed by atoms with Gasteiger partial charge < -0.3 is 10.1 Å². The molecule has 0 aliphatic rings. The van der Waals surface area contributed by atoms with Crippen LogP contribution in [0, 0.1) is 0 Å². The molecule has 0 saturated carbocycles. The van der Waals surface area contributed by atoms with Crippen molar-refractivity contribution in [1.29, 1.82) is 0 Å². The Morgan fingerprint density at radius 2 is 2.23 bits per heavy atom. The number of nitrogens with one attached hydrogen (secondary N) is 1. The fraction of sp³-hybridized carbons (Fsp3) is 0.333. The lowest BCUT2D eigenvalue weighted by atomic mass is 10.3. The van der Waals surface area contributed by atoms with E-state index in [2.05, 4.69) is 15.4 Å². The first kappa shape index (κ1) is 15.7. The SMILES string of the molecule is CCn1nc(C(=O)OC(C)C)cc(Nc2cccnc2)c1=O. The second-order valence-electron chi connectivity index (χ2n) is 4.88. The Balaban J connectivity index is 2.40. The lowest BCUT2D eigenvalue weighted by molar-refractivity contribution is 0.0368. The van der Waals surface area contributed by atoms with Crippen molar-refractivity contribution in [1.82, 2.24) is 14.8 Å². The standard InChI is InChI=1S/C15H18N4O3/c1-4-19-14(20)12(17-11-6-5-7-16-9-11)8-13(18-19)15(21)22-10(2)3/h5-10,17H,4H2,1-3H3. The largest absolute Gasteiger partial charge is 0.458 e. The van der Waals surface area contributed by atoms with Crippen LogP contribution in [0.25, 0.3) is 0 Å². The van der Waals surface area contributed by atoms with E-state index >= 15 is 0 Å². The first-order valence-electron chi connectivity index (χ1n) is 7.01. The summed E-state index contributed by atoms with van der Waals surface area (Å²) in [5.74, 6) is -0.563. The molecular weight excluding hydrogens is 284 g/mol. The van der Waals surface area contributed by atoms with Crippen molar-refractivity contribution in [2.75, 3.05) is 5.32 Å². The Morgan fingerprint density at radius 3 is 2.82 bits per heavy atom. The normalized spacial score (nSPS) is 10.5. The summed E-state index contributed by atoms with van der Waals surface area (Å²) in [7, 11) is 0. The molecule has 0 radical (unpaired) electrons. The van der Waals surface area contributed by atoms with Gasteiger partial charge in [0.1, 0.15) is 5.69 Å². The number of ether oxygens (including phenoxy) is 1. The Bertz CT molecular complexity index is 710. The fourth-order valence-corrected chi connectivity index (χ4v) is 1.81. The van der Waals surface area contributed by atoms with E-state index in [0.29, 0.717) is 12.2 Å². The lowest BCUT2D eigenvalue weighted by Crippen LogP contribution is -2.27. The molecule has 2 aromatic rings. The van der Waals surface area contributed by atoms with Crippen LogP contribution in [0.5, 0.6) is 0 Å². The number of esters is 1. The summed E-state index contributed by atoms with van der Waals surface area (Å²) in [4.78, 5) is 28.2. The van der Waals surface area contributed by atoms with Gasteiger partial charge >= 0.3 is 5.97 Å². The maximum absolute atomic E-state index is 12.3. The number of carbonyl (C=O) groups excluding carboxylic acids is 1. The Morgan fingerprint density at radius 1 is 1.45 bits per heavy atom. The van der Waals surface area contributed by atoms with Gasteiger partial charge in [0.05, 0.1) is 18.0 Å². The molecule has 0 aliphatic heterocycles. The summed E-state index contributed by atoms with van der Waals surface area (Å²) in [5.41, 5.74) is 0.672. The van der Waals surface area contributed by atoms with Gasteiger partial charge in [0.25, 0.3) is 5.56 Å². The number of anilines is 2. The van der Waals surface area contributed by atoms with Crippen molar-refractivity contribution in [2.24, 2.45) is 0 Å². The molecule has 7 heteroatoms. The van der Waals surface area contributed by atoms with Crippen molar-refractivity contribution < 1.29 is 9.53 Å². The Kier molecular flexibility index (Phi) is 4.88. The van der Waals surface area contributed by atoms with Crippen molar-refractivity contribution in [3.05, 3.63) is 46.6 Å². The van der Waals surface area contributed by atoms with Crippen LogP contribution in [-0.4, -0.2) is 26.8 Å². The van der Waals surface area contributed by atoms with Gasteiger partial charge in [0, 0.05) is 18.8 Å². The average molecular weight is 302 g/mol. The predicted octanol–water partition coefficient (Wildman–Crippen LogP) is 1.97. The second kappa shape index (κ2) is 6.84. The van der Waals surface area contributed by atoms with E-state index in [1.165, 1.54) is 10.7 Å². The zero-order chi connectivity index (χ0) is 16.1. The summed E-state index contributed by atoms with van der Waals surface area (Å²) >= 11 is 0. The molecule has 0 bridgehead atoms. The van der Waals surface area contributed by atoms with Crippen LogP contribution in [0.2, 0.25) is 0 Å². The minimum absolute atomic E-state index is 0.0848. The summed E-state index contributed by atoms with van der Waals surface area (Å²) < 4.78 is 6.34. The van der Waals surface area contributed by atoms with Gasteiger partial charge in [-0.15, -0.1) is 0 Å². The molecule has 2 aromatic heterocycles. The first-order valence-corrected chi connectivity index (χ1v) is 7.01. The molecule has 0 spiro atoms. The number of hydrogen-bond donors (Lipinski definition) is 1.